The number of anilines is 1. The number of hydrogen-bond acceptors (Lipinski definition) is 8. The molecule has 3 aliphatic heterocycles. The van der Waals surface area contributed by atoms with Crippen LogP contribution in [0.15, 0.2) is 36.4 Å². The molecule has 1 aromatic heterocycles. The molecule has 0 radical (unpaired) electrons. The Bertz CT molecular complexity index is 1930. The summed E-state index contributed by atoms with van der Waals surface area (Å²) in [6.45, 7) is 3.50. The fourth-order valence-corrected chi connectivity index (χ4v) is 7.95. The molecule has 2 bridgehead atoms. The number of nitrogens with zero attached hydrogens (tertiary/aromatic N) is 4. The molecule has 4 aromatic rings. The van der Waals surface area contributed by atoms with E-state index in [1.54, 1.807) is 25.3 Å². The normalized spacial score (nSPS) is 25.0. The van der Waals surface area contributed by atoms with Gasteiger partial charge in [0.05, 0.1) is 12.2 Å². The Morgan fingerprint density at radius 1 is 1.08 bits per heavy atom. The molecular weight excluding hydrogens is 619 g/mol. The molecule has 2 unspecified atom stereocenters. The smallest absolute Gasteiger partial charge is 0.319 e. The number of methoxy groups -OCH3 is 1. The number of piperazine rings is 1. The maximum atomic E-state index is 16.9. The van der Waals surface area contributed by atoms with Gasteiger partial charge in [-0.05, 0) is 61.8 Å². The van der Waals surface area contributed by atoms with Crippen LogP contribution in [0, 0.1) is 29.4 Å². The highest BCUT2D eigenvalue weighted by Gasteiger charge is 2.46. The van der Waals surface area contributed by atoms with Crippen LogP contribution in [0.4, 0.5) is 19.0 Å². The molecule has 8 rings (SSSR count). The van der Waals surface area contributed by atoms with Gasteiger partial charge in [0.15, 0.2) is 5.82 Å². The van der Waals surface area contributed by atoms with Crippen molar-refractivity contribution >= 4 is 27.5 Å². The van der Waals surface area contributed by atoms with Gasteiger partial charge in [0.2, 0.25) is 0 Å². The molecule has 250 valence electrons. The van der Waals surface area contributed by atoms with Gasteiger partial charge in [-0.2, -0.15) is 9.97 Å². The molecule has 0 amide bonds. The van der Waals surface area contributed by atoms with E-state index < -0.39 is 23.9 Å². The summed E-state index contributed by atoms with van der Waals surface area (Å²) in [5.74, 6) is 1.21. The zero-order valence-corrected chi connectivity index (χ0v) is 26.8. The highest BCUT2D eigenvalue weighted by molar-refractivity contribution is 6.04. The fourth-order valence-electron chi connectivity index (χ4n) is 7.95. The number of rotatable bonds is 8. The molecular formula is C37H38F3N5O3. The Labute approximate surface area is 277 Å². The zero-order valence-electron chi connectivity index (χ0n) is 26.8. The van der Waals surface area contributed by atoms with E-state index in [0.717, 1.165) is 32.2 Å². The number of benzene rings is 3. The summed E-state index contributed by atoms with van der Waals surface area (Å²) in [4.78, 5) is 13.7. The van der Waals surface area contributed by atoms with E-state index in [2.05, 4.69) is 26.0 Å². The lowest BCUT2D eigenvalue weighted by Gasteiger charge is -2.36. The molecule has 0 spiro atoms. The van der Waals surface area contributed by atoms with E-state index in [-0.39, 0.29) is 51.3 Å². The van der Waals surface area contributed by atoms with E-state index >= 15 is 8.78 Å². The maximum Gasteiger partial charge on any atom is 0.319 e. The SMILES string of the molecule is C#Cc1cccc2cc(O)cc(-c3c(F)cc4c(N5CC6CCC(C5)N6)nc(OCC5(CN6CC[C@H](F)[C@@H](OC)C6)CC5)nc4c3F)c12. The van der Waals surface area contributed by atoms with Crippen molar-refractivity contribution in [3.63, 3.8) is 0 Å². The lowest BCUT2D eigenvalue weighted by molar-refractivity contribution is -0.0319. The third-order valence-electron chi connectivity index (χ3n) is 10.6. The van der Waals surface area contributed by atoms with Gasteiger partial charge in [-0.25, -0.2) is 13.2 Å². The first-order chi connectivity index (χ1) is 23.2. The first kappa shape index (κ1) is 31.2. The lowest BCUT2D eigenvalue weighted by atomic mass is 9.93. The van der Waals surface area contributed by atoms with Gasteiger partial charge in [0.1, 0.15) is 35.2 Å². The number of alkyl halides is 1. The lowest BCUT2D eigenvalue weighted by Crippen LogP contribution is -2.51. The summed E-state index contributed by atoms with van der Waals surface area (Å²) in [6, 6.07) is 9.85. The molecule has 3 saturated heterocycles. The Morgan fingerprint density at radius 3 is 2.60 bits per heavy atom. The number of hydrogen-bond donors (Lipinski definition) is 2. The van der Waals surface area contributed by atoms with Crippen molar-refractivity contribution in [3.05, 3.63) is 53.6 Å². The van der Waals surface area contributed by atoms with Crippen molar-refractivity contribution in [1.82, 2.24) is 20.2 Å². The van der Waals surface area contributed by atoms with Crippen LogP contribution in [0.5, 0.6) is 11.8 Å². The maximum absolute atomic E-state index is 16.9. The standard InChI is InChI=1S/C37H38F3N5O3/c1-3-21-5-4-6-22-13-25(46)14-26(31(21)22)32-29(39)15-27-34(33(32)40)42-36(43-35(27)45-16-23-7-8-24(17-45)41-23)48-20-37(10-11-37)19-44-12-9-28(38)30(18-44)47-2/h1,4-6,13-15,23-24,28,30,41,46H,7-12,16-20H2,2H3/t23?,24?,28-,30-/m0/s1. The number of ether oxygens (including phenoxy) is 2. The van der Waals surface area contributed by atoms with Crippen molar-refractivity contribution < 1.29 is 27.8 Å². The third-order valence-corrected chi connectivity index (χ3v) is 10.6. The topological polar surface area (TPSA) is 83.0 Å². The minimum atomic E-state index is -0.970. The number of likely N-dealkylation sites (tertiary alicyclic amines) is 1. The van der Waals surface area contributed by atoms with Crippen molar-refractivity contribution in [3.8, 4) is 35.2 Å². The minimum Gasteiger partial charge on any atom is -0.508 e. The van der Waals surface area contributed by atoms with Crippen LogP contribution in [-0.4, -0.2) is 90.8 Å². The Morgan fingerprint density at radius 2 is 1.88 bits per heavy atom. The molecule has 2 N–H and O–H groups in total. The van der Waals surface area contributed by atoms with Gasteiger partial charge in [-0.1, -0.05) is 18.1 Å². The van der Waals surface area contributed by atoms with Crippen LogP contribution >= 0.6 is 0 Å². The Balaban J connectivity index is 1.19. The number of aromatic nitrogens is 2. The van der Waals surface area contributed by atoms with Gasteiger partial charge in [-0.3, -0.25) is 4.90 Å². The first-order valence-electron chi connectivity index (χ1n) is 16.7. The summed E-state index contributed by atoms with van der Waals surface area (Å²) in [7, 11) is 1.54. The number of halogens is 3. The van der Waals surface area contributed by atoms with E-state index in [0.29, 0.717) is 61.4 Å². The highest BCUT2D eigenvalue weighted by atomic mass is 19.1. The second kappa shape index (κ2) is 12.1. The largest absolute Gasteiger partial charge is 0.508 e. The average molecular weight is 658 g/mol. The highest BCUT2D eigenvalue weighted by Crippen LogP contribution is 2.47. The van der Waals surface area contributed by atoms with Crippen LogP contribution in [0.3, 0.4) is 0 Å². The quantitative estimate of drug-likeness (QED) is 0.238. The van der Waals surface area contributed by atoms with Crippen LogP contribution in [0.2, 0.25) is 0 Å². The van der Waals surface area contributed by atoms with Gasteiger partial charge in [0.25, 0.3) is 0 Å². The molecule has 1 saturated carbocycles. The minimum absolute atomic E-state index is 0.0217. The number of terminal acetylenes is 1. The molecule has 4 atom stereocenters. The predicted octanol–water partition coefficient (Wildman–Crippen LogP) is 5.57. The van der Waals surface area contributed by atoms with Crippen molar-refractivity contribution in [2.24, 2.45) is 5.41 Å². The molecule has 4 heterocycles. The monoisotopic (exact) mass is 657 g/mol. The van der Waals surface area contributed by atoms with Crippen LogP contribution in [0.25, 0.3) is 32.8 Å². The van der Waals surface area contributed by atoms with Crippen molar-refractivity contribution in [2.45, 2.75) is 56.5 Å². The molecule has 11 heteroatoms. The zero-order chi connectivity index (χ0) is 33.2. The molecule has 48 heavy (non-hydrogen) atoms. The molecule has 3 aromatic carbocycles. The van der Waals surface area contributed by atoms with E-state index in [4.69, 9.17) is 20.9 Å². The number of phenols is 1. The van der Waals surface area contributed by atoms with Gasteiger partial charge < -0.3 is 24.8 Å². The van der Waals surface area contributed by atoms with Gasteiger partial charge in [0, 0.05) is 79.2 Å². The molecule has 4 fully saturated rings. The Kier molecular flexibility index (Phi) is 7.85. The van der Waals surface area contributed by atoms with E-state index in [9.17, 15) is 9.50 Å². The Hall–Kier alpha value is -4.11. The number of aromatic hydroxyl groups is 1. The van der Waals surface area contributed by atoms with Crippen LogP contribution in [-0.2, 0) is 4.74 Å². The fraction of sp³-hybridized carbons (Fsp3) is 0.459. The van der Waals surface area contributed by atoms with Crippen molar-refractivity contribution in [2.75, 3.05) is 51.3 Å². The number of fused-ring (bicyclic) bond motifs is 4. The first-order valence-corrected chi connectivity index (χ1v) is 16.7. The number of piperidine rings is 1. The third kappa shape index (κ3) is 5.59. The molecule has 4 aliphatic rings. The number of nitrogens with one attached hydrogen (secondary N) is 1. The van der Waals surface area contributed by atoms with Gasteiger partial charge in [-0.15, -0.1) is 6.42 Å². The summed E-state index contributed by atoms with van der Waals surface area (Å²) in [5, 5.41) is 15.4. The summed E-state index contributed by atoms with van der Waals surface area (Å²) < 4.78 is 59.1. The van der Waals surface area contributed by atoms with Crippen molar-refractivity contribution in [1.29, 1.82) is 0 Å². The van der Waals surface area contributed by atoms with E-state index in [1.165, 1.54) is 18.2 Å². The van der Waals surface area contributed by atoms with Crippen LogP contribution < -0.4 is 15.0 Å². The van der Waals surface area contributed by atoms with Crippen LogP contribution in [0.1, 0.15) is 37.7 Å². The number of phenolic OH excluding ortho intramolecular Hbond substituents is 1. The molecule has 8 nitrogen and oxygen atoms in total. The second-order valence-corrected chi connectivity index (χ2v) is 14.0. The molecule has 1 aliphatic carbocycles. The van der Waals surface area contributed by atoms with Gasteiger partial charge >= 0.3 is 6.01 Å². The summed E-state index contributed by atoms with van der Waals surface area (Å²) in [6.07, 6.45) is 8.72. The average Bonchev–Trinajstić information content (AvgIpc) is 3.77. The van der Waals surface area contributed by atoms with E-state index in [1.807, 2.05) is 0 Å². The summed E-state index contributed by atoms with van der Waals surface area (Å²) in [5.41, 5.74) is 0.0515. The summed E-state index contributed by atoms with van der Waals surface area (Å²) >= 11 is 0. The predicted molar refractivity (Wildman–Crippen MR) is 178 cm³/mol. The second-order valence-electron chi connectivity index (χ2n) is 14.0.